The molecule has 0 bridgehead atoms. The number of anilines is 2. The summed E-state index contributed by atoms with van der Waals surface area (Å²) in [5.41, 5.74) is 4.82. The maximum Gasteiger partial charge on any atom is 0.256 e. The van der Waals surface area contributed by atoms with Crippen LogP contribution in [0.2, 0.25) is 0 Å². The Morgan fingerprint density at radius 1 is 0.933 bits per heavy atom. The highest BCUT2D eigenvalue weighted by molar-refractivity contribution is 6.00. The molecule has 0 spiro atoms. The van der Waals surface area contributed by atoms with Gasteiger partial charge in [-0.25, -0.2) is 0 Å². The number of nitrogens with zero attached hydrogens (tertiary/aromatic N) is 2. The Hall–Kier alpha value is -2.86. The first-order chi connectivity index (χ1) is 14.5. The summed E-state index contributed by atoms with van der Waals surface area (Å²) in [7, 11) is 0. The number of hydrogen-bond donors (Lipinski definition) is 1. The van der Waals surface area contributed by atoms with Gasteiger partial charge in [0, 0.05) is 38.5 Å². The van der Waals surface area contributed by atoms with E-state index >= 15 is 0 Å². The largest absolute Gasteiger partial charge is 0.368 e. The summed E-state index contributed by atoms with van der Waals surface area (Å²) in [6.07, 6.45) is 1.45. The van der Waals surface area contributed by atoms with Crippen molar-refractivity contribution in [2.24, 2.45) is 0 Å². The van der Waals surface area contributed by atoms with Gasteiger partial charge in [0.1, 0.15) is 6.10 Å². The number of para-hydroxylation sites is 1. The van der Waals surface area contributed by atoms with Gasteiger partial charge in [0.15, 0.2) is 0 Å². The van der Waals surface area contributed by atoms with E-state index in [0.29, 0.717) is 38.3 Å². The lowest BCUT2D eigenvalue weighted by atomic mass is 10.1. The molecule has 1 unspecified atom stereocenters. The van der Waals surface area contributed by atoms with Crippen LogP contribution in [0.15, 0.2) is 42.5 Å². The van der Waals surface area contributed by atoms with Gasteiger partial charge < -0.3 is 19.9 Å². The first kappa shape index (κ1) is 20.4. The highest BCUT2D eigenvalue weighted by Crippen LogP contribution is 2.26. The van der Waals surface area contributed by atoms with Gasteiger partial charge in [-0.05, 0) is 56.0 Å². The molecule has 2 heterocycles. The highest BCUT2D eigenvalue weighted by atomic mass is 16.5. The Morgan fingerprint density at radius 2 is 1.63 bits per heavy atom. The zero-order chi connectivity index (χ0) is 21.1. The van der Waals surface area contributed by atoms with Gasteiger partial charge in [0.05, 0.1) is 11.3 Å². The molecule has 0 aliphatic carbocycles. The fourth-order valence-electron chi connectivity index (χ4n) is 4.09. The van der Waals surface area contributed by atoms with Crippen molar-refractivity contribution in [1.29, 1.82) is 0 Å². The Labute approximate surface area is 177 Å². The monoisotopic (exact) mass is 407 g/mol. The molecule has 2 aromatic rings. The van der Waals surface area contributed by atoms with Crippen molar-refractivity contribution in [3.63, 3.8) is 0 Å². The maximum absolute atomic E-state index is 13.3. The third-order valence-electron chi connectivity index (χ3n) is 6.12. The molecular formula is C24H29N3O3. The summed E-state index contributed by atoms with van der Waals surface area (Å²) in [6.45, 7) is 7.00. The molecule has 4 rings (SSSR count). The van der Waals surface area contributed by atoms with E-state index in [1.54, 1.807) is 0 Å². The minimum Gasteiger partial charge on any atom is -0.368 e. The molecule has 158 valence electrons. The Kier molecular flexibility index (Phi) is 6.04. The van der Waals surface area contributed by atoms with Gasteiger partial charge in [0.25, 0.3) is 11.8 Å². The fraction of sp³-hybridized carbons (Fsp3) is 0.417. The van der Waals surface area contributed by atoms with Crippen LogP contribution in [0.1, 0.15) is 34.3 Å². The summed E-state index contributed by atoms with van der Waals surface area (Å²) >= 11 is 0. The molecule has 0 saturated carbocycles. The number of rotatable bonds is 4. The van der Waals surface area contributed by atoms with E-state index in [9.17, 15) is 9.59 Å². The summed E-state index contributed by atoms with van der Waals surface area (Å²) in [5, 5.41) is 3.44. The van der Waals surface area contributed by atoms with Crippen molar-refractivity contribution in [2.75, 3.05) is 38.1 Å². The average Bonchev–Trinajstić information content (AvgIpc) is 3.31. The SMILES string of the molecule is Cc1cccc(Nc2ccccc2C(=O)N2CCN(C(=O)C3CCCO3)CC2)c1C. The summed E-state index contributed by atoms with van der Waals surface area (Å²) in [5.74, 6) is 0.0595. The van der Waals surface area contributed by atoms with Crippen LogP contribution < -0.4 is 5.32 Å². The molecule has 0 aromatic heterocycles. The smallest absolute Gasteiger partial charge is 0.256 e. The molecule has 0 radical (unpaired) electrons. The second-order valence-electron chi connectivity index (χ2n) is 8.04. The number of carbonyl (C=O) groups excluding carboxylic acids is 2. The first-order valence-electron chi connectivity index (χ1n) is 10.7. The van der Waals surface area contributed by atoms with Crippen LogP contribution in [0.5, 0.6) is 0 Å². The molecule has 6 nitrogen and oxygen atoms in total. The molecule has 6 heteroatoms. The van der Waals surface area contributed by atoms with Gasteiger partial charge in [-0.1, -0.05) is 24.3 Å². The zero-order valence-electron chi connectivity index (χ0n) is 17.7. The van der Waals surface area contributed by atoms with Gasteiger partial charge in [-0.2, -0.15) is 0 Å². The predicted molar refractivity (Wildman–Crippen MR) is 117 cm³/mol. The maximum atomic E-state index is 13.3. The summed E-state index contributed by atoms with van der Waals surface area (Å²) in [6, 6.07) is 13.7. The minimum absolute atomic E-state index is 0.00683. The van der Waals surface area contributed by atoms with Crippen LogP contribution in [-0.4, -0.2) is 60.5 Å². The number of piperazine rings is 1. The van der Waals surface area contributed by atoms with E-state index < -0.39 is 0 Å². The number of amides is 2. The quantitative estimate of drug-likeness (QED) is 0.843. The zero-order valence-corrected chi connectivity index (χ0v) is 17.7. The van der Waals surface area contributed by atoms with Gasteiger partial charge in [-0.3, -0.25) is 9.59 Å². The normalized spacial score (nSPS) is 19.1. The van der Waals surface area contributed by atoms with Crippen LogP contribution in [0.25, 0.3) is 0 Å². The van der Waals surface area contributed by atoms with Gasteiger partial charge in [-0.15, -0.1) is 0 Å². The Bertz CT molecular complexity index is 929. The molecule has 2 aliphatic heterocycles. The minimum atomic E-state index is -0.297. The Morgan fingerprint density at radius 3 is 2.37 bits per heavy atom. The molecule has 30 heavy (non-hydrogen) atoms. The average molecular weight is 408 g/mol. The second kappa shape index (κ2) is 8.88. The molecule has 2 saturated heterocycles. The Balaban J connectivity index is 1.44. The standard InChI is InChI=1S/C24H29N3O3/c1-17-7-5-10-20(18(17)2)25-21-9-4-3-8-19(21)23(28)26-12-14-27(15-13-26)24(29)22-11-6-16-30-22/h3-5,7-10,22,25H,6,11-16H2,1-2H3. The van der Waals surface area contributed by atoms with Crippen LogP contribution in [0.4, 0.5) is 11.4 Å². The van der Waals surface area contributed by atoms with Crippen LogP contribution in [-0.2, 0) is 9.53 Å². The summed E-state index contributed by atoms with van der Waals surface area (Å²) < 4.78 is 5.52. The van der Waals surface area contributed by atoms with Crippen molar-refractivity contribution >= 4 is 23.2 Å². The van der Waals surface area contributed by atoms with Crippen molar-refractivity contribution in [2.45, 2.75) is 32.8 Å². The van der Waals surface area contributed by atoms with Gasteiger partial charge >= 0.3 is 0 Å². The topological polar surface area (TPSA) is 61.9 Å². The van der Waals surface area contributed by atoms with E-state index in [1.807, 2.05) is 46.2 Å². The van der Waals surface area contributed by atoms with E-state index in [1.165, 1.54) is 11.1 Å². The lowest BCUT2D eigenvalue weighted by Gasteiger charge is -2.36. The van der Waals surface area contributed by atoms with E-state index in [2.05, 4.69) is 25.2 Å². The lowest BCUT2D eigenvalue weighted by molar-refractivity contribution is -0.142. The fourth-order valence-corrected chi connectivity index (χ4v) is 4.09. The second-order valence-corrected chi connectivity index (χ2v) is 8.04. The molecule has 2 aromatic carbocycles. The third-order valence-corrected chi connectivity index (χ3v) is 6.12. The number of carbonyl (C=O) groups is 2. The van der Waals surface area contributed by atoms with Crippen LogP contribution >= 0.6 is 0 Å². The van der Waals surface area contributed by atoms with Crippen molar-refractivity contribution < 1.29 is 14.3 Å². The van der Waals surface area contributed by atoms with E-state index in [0.717, 1.165) is 24.2 Å². The predicted octanol–water partition coefficient (Wildman–Crippen LogP) is 3.51. The molecule has 2 amide bonds. The molecular weight excluding hydrogens is 378 g/mol. The number of aryl methyl sites for hydroxylation is 1. The molecule has 2 aliphatic rings. The van der Waals surface area contributed by atoms with Crippen molar-refractivity contribution in [3.8, 4) is 0 Å². The third kappa shape index (κ3) is 4.19. The first-order valence-corrected chi connectivity index (χ1v) is 10.7. The van der Waals surface area contributed by atoms with E-state index in [-0.39, 0.29) is 17.9 Å². The highest BCUT2D eigenvalue weighted by Gasteiger charge is 2.31. The van der Waals surface area contributed by atoms with Gasteiger partial charge in [0.2, 0.25) is 0 Å². The van der Waals surface area contributed by atoms with Crippen LogP contribution in [0, 0.1) is 13.8 Å². The molecule has 1 N–H and O–H groups in total. The van der Waals surface area contributed by atoms with Crippen molar-refractivity contribution in [3.05, 3.63) is 59.2 Å². The number of ether oxygens (including phenoxy) is 1. The lowest BCUT2D eigenvalue weighted by Crippen LogP contribution is -2.52. The number of nitrogens with one attached hydrogen (secondary N) is 1. The number of hydrogen-bond acceptors (Lipinski definition) is 4. The van der Waals surface area contributed by atoms with Crippen LogP contribution in [0.3, 0.4) is 0 Å². The summed E-state index contributed by atoms with van der Waals surface area (Å²) in [4.78, 5) is 29.5. The molecule has 2 fully saturated rings. The number of benzene rings is 2. The van der Waals surface area contributed by atoms with Crippen molar-refractivity contribution in [1.82, 2.24) is 9.80 Å². The van der Waals surface area contributed by atoms with E-state index in [4.69, 9.17) is 4.74 Å². The molecule has 1 atom stereocenters.